The van der Waals surface area contributed by atoms with Crippen molar-refractivity contribution >= 4 is 11.6 Å². The molecular weight excluding hydrogens is 260 g/mol. The van der Waals surface area contributed by atoms with Gasteiger partial charge in [0.25, 0.3) is 5.91 Å². The molecule has 1 aromatic rings. The predicted octanol–water partition coefficient (Wildman–Crippen LogP) is 0.569. The standard InChI is InChI=1S/C14H20N2O4/c1-18-14(5-6-19-10-14)9-16-13(17)8-20-12-4-2-3-11(15)7-12/h2-4,7H,5-6,8-10,15H2,1H3,(H,16,17). The molecule has 0 aliphatic carbocycles. The van der Waals surface area contributed by atoms with Gasteiger partial charge in [0.05, 0.1) is 6.61 Å². The van der Waals surface area contributed by atoms with E-state index >= 15 is 0 Å². The molecule has 110 valence electrons. The van der Waals surface area contributed by atoms with Gasteiger partial charge in [0.2, 0.25) is 0 Å². The van der Waals surface area contributed by atoms with Gasteiger partial charge >= 0.3 is 0 Å². The Balaban J connectivity index is 1.75. The Morgan fingerprint density at radius 2 is 2.40 bits per heavy atom. The molecule has 0 radical (unpaired) electrons. The van der Waals surface area contributed by atoms with Crippen LogP contribution in [0.15, 0.2) is 24.3 Å². The van der Waals surface area contributed by atoms with Crippen LogP contribution in [0, 0.1) is 0 Å². The molecule has 1 saturated heterocycles. The van der Waals surface area contributed by atoms with Crippen molar-refractivity contribution in [2.24, 2.45) is 0 Å². The van der Waals surface area contributed by atoms with Crippen LogP contribution in [0.2, 0.25) is 0 Å². The summed E-state index contributed by atoms with van der Waals surface area (Å²) < 4.78 is 16.1. The monoisotopic (exact) mass is 280 g/mol. The summed E-state index contributed by atoms with van der Waals surface area (Å²) in [5.74, 6) is 0.376. The Labute approximate surface area is 118 Å². The number of anilines is 1. The smallest absolute Gasteiger partial charge is 0.258 e. The highest BCUT2D eigenvalue weighted by Gasteiger charge is 2.35. The van der Waals surface area contributed by atoms with Crippen LogP contribution in [-0.2, 0) is 14.3 Å². The third-order valence-corrected chi connectivity index (χ3v) is 3.34. The van der Waals surface area contributed by atoms with E-state index in [1.807, 2.05) is 0 Å². The zero-order chi connectivity index (χ0) is 14.4. The maximum Gasteiger partial charge on any atom is 0.258 e. The molecule has 1 atom stereocenters. The van der Waals surface area contributed by atoms with Gasteiger partial charge in [0.1, 0.15) is 11.4 Å². The lowest BCUT2D eigenvalue weighted by molar-refractivity contribution is -0.124. The van der Waals surface area contributed by atoms with Gasteiger partial charge < -0.3 is 25.3 Å². The number of benzene rings is 1. The number of amides is 1. The van der Waals surface area contributed by atoms with E-state index in [1.165, 1.54) is 0 Å². The van der Waals surface area contributed by atoms with Crippen molar-refractivity contribution in [3.63, 3.8) is 0 Å². The molecule has 20 heavy (non-hydrogen) atoms. The summed E-state index contributed by atoms with van der Waals surface area (Å²) in [6, 6.07) is 6.97. The van der Waals surface area contributed by atoms with E-state index in [2.05, 4.69) is 5.32 Å². The van der Waals surface area contributed by atoms with E-state index in [-0.39, 0.29) is 12.5 Å². The molecule has 1 amide bonds. The normalized spacial score (nSPS) is 21.6. The molecule has 3 N–H and O–H groups in total. The number of methoxy groups -OCH3 is 1. The lowest BCUT2D eigenvalue weighted by Gasteiger charge is -2.25. The second kappa shape index (κ2) is 6.58. The average molecular weight is 280 g/mol. The molecule has 6 heteroatoms. The van der Waals surface area contributed by atoms with Crippen LogP contribution < -0.4 is 15.8 Å². The number of carbonyl (C=O) groups excluding carboxylic acids is 1. The fourth-order valence-electron chi connectivity index (χ4n) is 2.03. The molecule has 2 rings (SSSR count). The minimum absolute atomic E-state index is 0.0515. The van der Waals surface area contributed by atoms with Crippen molar-refractivity contribution in [2.45, 2.75) is 12.0 Å². The number of carbonyl (C=O) groups is 1. The fourth-order valence-corrected chi connectivity index (χ4v) is 2.03. The molecular formula is C14H20N2O4. The van der Waals surface area contributed by atoms with E-state index in [0.29, 0.717) is 31.2 Å². The summed E-state index contributed by atoms with van der Waals surface area (Å²) >= 11 is 0. The Morgan fingerprint density at radius 3 is 3.05 bits per heavy atom. The van der Waals surface area contributed by atoms with Crippen molar-refractivity contribution in [3.8, 4) is 5.75 Å². The quantitative estimate of drug-likeness (QED) is 0.744. The maximum atomic E-state index is 11.8. The SMILES string of the molecule is COC1(CNC(=O)COc2cccc(N)c2)CCOC1. The van der Waals surface area contributed by atoms with Gasteiger partial charge in [0, 0.05) is 38.4 Å². The van der Waals surface area contributed by atoms with Gasteiger partial charge in [-0.25, -0.2) is 0 Å². The zero-order valence-corrected chi connectivity index (χ0v) is 11.6. The molecule has 1 aromatic carbocycles. The minimum Gasteiger partial charge on any atom is -0.484 e. The zero-order valence-electron chi connectivity index (χ0n) is 11.6. The molecule has 0 aromatic heterocycles. The fraction of sp³-hybridized carbons (Fsp3) is 0.500. The first-order chi connectivity index (χ1) is 9.63. The minimum atomic E-state index is -0.410. The van der Waals surface area contributed by atoms with E-state index in [9.17, 15) is 4.79 Å². The summed E-state index contributed by atoms with van der Waals surface area (Å²) in [4.78, 5) is 11.8. The summed E-state index contributed by atoms with van der Waals surface area (Å²) in [6.07, 6.45) is 0.778. The third-order valence-electron chi connectivity index (χ3n) is 3.34. The molecule has 1 fully saturated rings. The van der Waals surface area contributed by atoms with Crippen LogP contribution in [0.1, 0.15) is 6.42 Å². The second-order valence-electron chi connectivity index (χ2n) is 4.83. The van der Waals surface area contributed by atoms with E-state index in [0.717, 1.165) is 6.42 Å². The third kappa shape index (κ3) is 3.85. The predicted molar refractivity (Wildman–Crippen MR) is 74.5 cm³/mol. The van der Waals surface area contributed by atoms with Gasteiger partial charge in [-0.2, -0.15) is 0 Å². The second-order valence-corrected chi connectivity index (χ2v) is 4.83. The highest BCUT2D eigenvalue weighted by atomic mass is 16.5. The molecule has 1 aliphatic heterocycles. The number of nitrogens with two attached hydrogens (primary N) is 1. The first kappa shape index (κ1) is 14.6. The summed E-state index contributed by atoms with van der Waals surface area (Å²) in [6.45, 7) is 1.52. The van der Waals surface area contributed by atoms with Crippen molar-refractivity contribution in [3.05, 3.63) is 24.3 Å². The lowest BCUT2D eigenvalue weighted by atomic mass is 10.0. The van der Waals surface area contributed by atoms with E-state index in [4.69, 9.17) is 19.9 Å². The van der Waals surface area contributed by atoms with Crippen LogP contribution in [-0.4, -0.2) is 45.0 Å². The first-order valence-electron chi connectivity index (χ1n) is 6.51. The van der Waals surface area contributed by atoms with Gasteiger partial charge in [-0.1, -0.05) is 6.07 Å². The molecule has 1 heterocycles. The maximum absolute atomic E-state index is 11.8. The topological polar surface area (TPSA) is 82.8 Å². The van der Waals surface area contributed by atoms with E-state index < -0.39 is 5.60 Å². The molecule has 0 saturated carbocycles. The van der Waals surface area contributed by atoms with Crippen LogP contribution >= 0.6 is 0 Å². The number of rotatable bonds is 6. The van der Waals surface area contributed by atoms with Crippen molar-refractivity contribution in [1.29, 1.82) is 0 Å². The molecule has 0 bridgehead atoms. The number of ether oxygens (including phenoxy) is 3. The molecule has 6 nitrogen and oxygen atoms in total. The largest absolute Gasteiger partial charge is 0.484 e. The van der Waals surface area contributed by atoms with Gasteiger partial charge in [-0.05, 0) is 12.1 Å². The Bertz CT molecular complexity index is 458. The number of hydrogen-bond acceptors (Lipinski definition) is 5. The summed E-state index contributed by atoms with van der Waals surface area (Å²) in [5, 5.41) is 2.80. The molecule has 1 unspecified atom stereocenters. The van der Waals surface area contributed by atoms with Crippen LogP contribution in [0.25, 0.3) is 0 Å². The molecule has 0 spiro atoms. The van der Waals surface area contributed by atoms with Crippen molar-refractivity contribution < 1.29 is 19.0 Å². The van der Waals surface area contributed by atoms with Crippen molar-refractivity contribution in [2.75, 3.05) is 39.2 Å². The summed E-state index contributed by atoms with van der Waals surface area (Å²) in [7, 11) is 1.63. The van der Waals surface area contributed by atoms with Crippen molar-refractivity contribution in [1.82, 2.24) is 5.32 Å². The van der Waals surface area contributed by atoms with Gasteiger partial charge in [-0.3, -0.25) is 4.79 Å². The first-order valence-corrected chi connectivity index (χ1v) is 6.51. The highest BCUT2D eigenvalue weighted by Crippen LogP contribution is 2.21. The summed E-state index contributed by atoms with van der Waals surface area (Å²) in [5.41, 5.74) is 5.82. The number of nitrogen functional groups attached to an aromatic ring is 1. The average Bonchev–Trinajstić information content (AvgIpc) is 2.92. The Hall–Kier alpha value is -1.79. The van der Waals surface area contributed by atoms with Crippen LogP contribution in [0.5, 0.6) is 5.75 Å². The van der Waals surface area contributed by atoms with Crippen LogP contribution in [0.4, 0.5) is 5.69 Å². The van der Waals surface area contributed by atoms with Gasteiger partial charge in [0.15, 0.2) is 6.61 Å². The lowest BCUT2D eigenvalue weighted by Crippen LogP contribution is -2.46. The van der Waals surface area contributed by atoms with E-state index in [1.54, 1.807) is 31.4 Å². The highest BCUT2D eigenvalue weighted by molar-refractivity contribution is 5.77. The Kier molecular flexibility index (Phi) is 4.81. The molecule has 1 aliphatic rings. The number of nitrogens with one attached hydrogen (secondary N) is 1. The number of hydrogen-bond donors (Lipinski definition) is 2. The Morgan fingerprint density at radius 1 is 1.55 bits per heavy atom. The van der Waals surface area contributed by atoms with Gasteiger partial charge in [-0.15, -0.1) is 0 Å². The van der Waals surface area contributed by atoms with Crippen LogP contribution in [0.3, 0.4) is 0 Å².